The van der Waals surface area contributed by atoms with Crippen LogP contribution in [0.2, 0.25) is 0 Å². The van der Waals surface area contributed by atoms with Gasteiger partial charge in [0, 0.05) is 19.1 Å². The van der Waals surface area contributed by atoms with Crippen LogP contribution in [0.25, 0.3) is 0 Å². The van der Waals surface area contributed by atoms with Gasteiger partial charge in [-0.3, -0.25) is 0 Å². The zero-order chi connectivity index (χ0) is 8.69. The first-order valence-electron chi connectivity index (χ1n) is 4.29. The molecular weight excluding hydrogens is 140 g/mol. The second-order valence-corrected chi connectivity index (χ2v) is 2.97. The fourth-order valence-corrected chi connectivity index (χ4v) is 0.929. The van der Waals surface area contributed by atoms with E-state index in [1.54, 1.807) is 6.92 Å². The molecule has 0 aliphatic heterocycles. The van der Waals surface area contributed by atoms with Crippen molar-refractivity contribution in [3.05, 3.63) is 0 Å². The van der Waals surface area contributed by atoms with Gasteiger partial charge in [-0.2, -0.15) is 0 Å². The van der Waals surface area contributed by atoms with E-state index in [-0.39, 0.29) is 6.10 Å². The van der Waals surface area contributed by atoms with E-state index in [1.807, 2.05) is 0 Å². The molecule has 0 amide bonds. The third-order valence-electron chi connectivity index (χ3n) is 1.44. The molecule has 2 unspecified atom stereocenters. The van der Waals surface area contributed by atoms with E-state index in [4.69, 9.17) is 5.11 Å². The zero-order valence-electron chi connectivity index (χ0n) is 7.72. The molecule has 0 bridgehead atoms. The first kappa shape index (κ1) is 10.9. The summed E-state index contributed by atoms with van der Waals surface area (Å²) in [5.74, 6) is 0. The monoisotopic (exact) mass is 160 g/mol. The summed E-state index contributed by atoms with van der Waals surface area (Å²) in [7, 11) is 0. The molecule has 3 N–H and O–H groups in total. The molecule has 0 heterocycles. The number of likely N-dealkylation sites (N-methyl/N-ethyl adjacent to an activating group) is 1. The maximum atomic E-state index is 8.91. The van der Waals surface area contributed by atoms with Gasteiger partial charge in [0.25, 0.3) is 0 Å². The molecule has 0 aliphatic rings. The summed E-state index contributed by atoms with van der Waals surface area (Å²) in [6.07, 6.45) is -0.246. The Morgan fingerprint density at radius 3 is 2.36 bits per heavy atom. The largest absolute Gasteiger partial charge is 0.392 e. The number of aliphatic hydroxyl groups is 1. The van der Waals surface area contributed by atoms with Crippen molar-refractivity contribution < 1.29 is 5.11 Å². The fraction of sp³-hybridized carbons (Fsp3) is 1.00. The maximum absolute atomic E-state index is 8.91. The van der Waals surface area contributed by atoms with Crippen molar-refractivity contribution in [1.29, 1.82) is 0 Å². The van der Waals surface area contributed by atoms with Crippen LogP contribution >= 0.6 is 0 Å². The number of hydrogen-bond donors (Lipinski definition) is 3. The lowest BCUT2D eigenvalue weighted by molar-refractivity contribution is 0.190. The Balaban J connectivity index is 3.10. The average molecular weight is 160 g/mol. The predicted molar refractivity (Wildman–Crippen MR) is 47.7 cm³/mol. The highest BCUT2D eigenvalue weighted by molar-refractivity contribution is 4.63. The van der Waals surface area contributed by atoms with Crippen molar-refractivity contribution in [2.75, 3.05) is 19.6 Å². The summed E-state index contributed by atoms with van der Waals surface area (Å²) in [4.78, 5) is 0. The van der Waals surface area contributed by atoms with Crippen LogP contribution in [0, 0.1) is 0 Å². The van der Waals surface area contributed by atoms with Crippen LogP contribution in [0.1, 0.15) is 20.8 Å². The Bertz CT molecular complexity index is 86.2. The van der Waals surface area contributed by atoms with Crippen LogP contribution in [0.4, 0.5) is 0 Å². The molecule has 0 fully saturated rings. The maximum Gasteiger partial charge on any atom is 0.0636 e. The topological polar surface area (TPSA) is 44.3 Å². The summed E-state index contributed by atoms with van der Waals surface area (Å²) in [5, 5.41) is 15.3. The minimum absolute atomic E-state index is 0.246. The second kappa shape index (κ2) is 6.58. The molecule has 0 radical (unpaired) electrons. The van der Waals surface area contributed by atoms with Crippen LogP contribution in [0.5, 0.6) is 0 Å². The van der Waals surface area contributed by atoms with Gasteiger partial charge in [0.2, 0.25) is 0 Å². The second-order valence-electron chi connectivity index (χ2n) is 2.97. The van der Waals surface area contributed by atoms with Gasteiger partial charge >= 0.3 is 0 Å². The third-order valence-corrected chi connectivity index (χ3v) is 1.44. The molecule has 2 atom stereocenters. The molecular formula is C8H20N2O. The zero-order valence-corrected chi connectivity index (χ0v) is 7.72. The van der Waals surface area contributed by atoms with Crippen molar-refractivity contribution in [2.24, 2.45) is 0 Å². The smallest absolute Gasteiger partial charge is 0.0636 e. The van der Waals surface area contributed by atoms with Crippen LogP contribution in [-0.4, -0.2) is 36.9 Å². The summed E-state index contributed by atoms with van der Waals surface area (Å²) in [6.45, 7) is 8.58. The Labute approximate surface area is 69.2 Å². The molecule has 11 heavy (non-hydrogen) atoms. The molecule has 3 heteroatoms. The van der Waals surface area contributed by atoms with Gasteiger partial charge in [-0.15, -0.1) is 0 Å². The minimum Gasteiger partial charge on any atom is -0.392 e. The summed E-state index contributed by atoms with van der Waals surface area (Å²) in [5.41, 5.74) is 0. The number of rotatable bonds is 6. The van der Waals surface area contributed by atoms with Gasteiger partial charge in [-0.25, -0.2) is 0 Å². The lowest BCUT2D eigenvalue weighted by Crippen LogP contribution is -2.38. The molecule has 0 spiro atoms. The van der Waals surface area contributed by atoms with E-state index in [0.717, 1.165) is 13.1 Å². The Hall–Kier alpha value is -0.120. The number of nitrogens with one attached hydrogen (secondary N) is 2. The first-order valence-corrected chi connectivity index (χ1v) is 4.29. The van der Waals surface area contributed by atoms with E-state index in [2.05, 4.69) is 24.5 Å². The Kier molecular flexibility index (Phi) is 6.51. The highest BCUT2D eigenvalue weighted by atomic mass is 16.3. The SMILES string of the molecule is CCNC(C)CNCC(C)O. The molecule has 0 aliphatic carbocycles. The highest BCUT2D eigenvalue weighted by Gasteiger charge is 1.99. The van der Waals surface area contributed by atoms with Crippen LogP contribution in [-0.2, 0) is 0 Å². The lowest BCUT2D eigenvalue weighted by Gasteiger charge is -2.13. The Morgan fingerprint density at radius 2 is 1.91 bits per heavy atom. The molecule has 0 saturated heterocycles. The van der Waals surface area contributed by atoms with Gasteiger partial charge in [-0.1, -0.05) is 6.92 Å². The molecule has 68 valence electrons. The van der Waals surface area contributed by atoms with Crippen LogP contribution in [0.3, 0.4) is 0 Å². The van der Waals surface area contributed by atoms with Crippen molar-refractivity contribution >= 4 is 0 Å². The summed E-state index contributed by atoms with van der Waals surface area (Å²) < 4.78 is 0. The third kappa shape index (κ3) is 7.78. The van der Waals surface area contributed by atoms with Gasteiger partial charge in [-0.05, 0) is 20.4 Å². The Morgan fingerprint density at radius 1 is 1.27 bits per heavy atom. The van der Waals surface area contributed by atoms with E-state index in [1.165, 1.54) is 0 Å². The molecule has 0 aromatic carbocycles. The first-order chi connectivity index (χ1) is 5.16. The standard InChI is InChI=1S/C8H20N2O/c1-4-10-7(2)5-9-6-8(3)11/h7-11H,4-6H2,1-3H3. The average Bonchev–Trinajstić information content (AvgIpc) is 1.87. The molecule has 0 aromatic rings. The molecule has 0 rings (SSSR count). The van der Waals surface area contributed by atoms with E-state index < -0.39 is 0 Å². The fourth-order valence-electron chi connectivity index (χ4n) is 0.929. The molecule has 0 aromatic heterocycles. The van der Waals surface area contributed by atoms with Gasteiger partial charge in [0.15, 0.2) is 0 Å². The summed E-state index contributed by atoms with van der Waals surface area (Å²) >= 11 is 0. The minimum atomic E-state index is -0.246. The summed E-state index contributed by atoms with van der Waals surface area (Å²) in [6, 6.07) is 0.485. The molecule has 3 nitrogen and oxygen atoms in total. The van der Waals surface area contributed by atoms with Crippen molar-refractivity contribution in [1.82, 2.24) is 10.6 Å². The highest BCUT2D eigenvalue weighted by Crippen LogP contribution is 1.79. The van der Waals surface area contributed by atoms with Gasteiger partial charge in [0.05, 0.1) is 6.10 Å². The van der Waals surface area contributed by atoms with Crippen LogP contribution < -0.4 is 10.6 Å². The van der Waals surface area contributed by atoms with Crippen molar-refractivity contribution in [3.8, 4) is 0 Å². The van der Waals surface area contributed by atoms with Gasteiger partial charge in [0.1, 0.15) is 0 Å². The van der Waals surface area contributed by atoms with Crippen molar-refractivity contribution in [3.63, 3.8) is 0 Å². The lowest BCUT2D eigenvalue weighted by atomic mass is 10.3. The number of hydrogen-bond acceptors (Lipinski definition) is 3. The van der Waals surface area contributed by atoms with E-state index in [9.17, 15) is 0 Å². The normalized spacial score (nSPS) is 16.4. The van der Waals surface area contributed by atoms with E-state index in [0.29, 0.717) is 12.6 Å². The van der Waals surface area contributed by atoms with Gasteiger partial charge < -0.3 is 15.7 Å². The molecule has 0 saturated carbocycles. The quantitative estimate of drug-likeness (QED) is 0.510. The number of aliphatic hydroxyl groups excluding tert-OH is 1. The van der Waals surface area contributed by atoms with Crippen LogP contribution in [0.15, 0.2) is 0 Å². The van der Waals surface area contributed by atoms with Crippen molar-refractivity contribution in [2.45, 2.75) is 32.9 Å². The predicted octanol–water partition coefficient (Wildman–Crippen LogP) is -0.0452. The van der Waals surface area contributed by atoms with E-state index >= 15 is 0 Å².